The van der Waals surface area contributed by atoms with Crippen LogP contribution >= 0.6 is 27.5 Å². The van der Waals surface area contributed by atoms with Crippen molar-refractivity contribution in [2.75, 3.05) is 19.0 Å². The summed E-state index contributed by atoms with van der Waals surface area (Å²) in [4.78, 5) is 23.9. The molecule has 2 aromatic rings. The van der Waals surface area contributed by atoms with Crippen molar-refractivity contribution in [2.24, 2.45) is 0 Å². The molecule has 1 amide bonds. The Kier molecular flexibility index (Phi) is 7.61. The Morgan fingerprint density at radius 1 is 1.29 bits per heavy atom. The maximum Gasteiger partial charge on any atom is 0.343 e. The molecule has 0 spiro atoms. The number of hydrogen-bond donors (Lipinski definition) is 1. The summed E-state index contributed by atoms with van der Waals surface area (Å²) in [7, 11) is 1.25. The monoisotopic (exact) mass is 462 g/mol. The van der Waals surface area contributed by atoms with E-state index in [-0.39, 0.29) is 12.2 Å². The molecule has 0 aliphatic heterocycles. The molecule has 0 saturated heterocycles. The van der Waals surface area contributed by atoms with Crippen LogP contribution in [-0.4, -0.2) is 25.6 Å². The maximum atomic E-state index is 12.5. The van der Waals surface area contributed by atoms with Crippen LogP contribution in [0.3, 0.4) is 0 Å². The molecule has 0 unspecified atom stereocenters. The van der Waals surface area contributed by atoms with Crippen LogP contribution in [-0.2, 0) is 14.3 Å². The van der Waals surface area contributed by atoms with E-state index < -0.39 is 11.9 Å². The molecule has 2 aromatic carbocycles. The van der Waals surface area contributed by atoms with E-state index in [4.69, 9.17) is 16.3 Å². The lowest BCUT2D eigenvalue weighted by Crippen LogP contribution is -2.15. The van der Waals surface area contributed by atoms with Gasteiger partial charge in [-0.05, 0) is 48.9 Å². The summed E-state index contributed by atoms with van der Waals surface area (Å²) in [6.07, 6.45) is 1.38. The normalized spacial score (nSPS) is 10.8. The Balaban J connectivity index is 2.31. The number of benzene rings is 2. The SMILES string of the molecule is COC(=O)COc1ccc(Br)cc1/C=C(\C#N)C(=O)Nc1cc(Cl)ccc1C. The number of halogens is 2. The Bertz CT molecular complexity index is 983. The fourth-order valence-corrected chi connectivity index (χ4v) is 2.73. The van der Waals surface area contributed by atoms with E-state index in [1.807, 2.05) is 13.0 Å². The summed E-state index contributed by atoms with van der Waals surface area (Å²) >= 11 is 9.30. The lowest BCUT2D eigenvalue weighted by atomic mass is 10.1. The van der Waals surface area contributed by atoms with E-state index in [9.17, 15) is 14.9 Å². The van der Waals surface area contributed by atoms with Crippen LogP contribution in [0.15, 0.2) is 46.4 Å². The zero-order valence-corrected chi connectivity index (χ0v) is 17.4. The molecule has 2 rings (SSSR count). The first-order valence-corrected chi connectivity index (χ1v) is 9.19. The molecule has 144 valence electrons. The molecule has 0 saturated carbocycles. The molecule has 0 fully saturated rings. The molecular formula is C20H16BrClN2O4. The van der Waals surface area contributed by atoms with Gasteiger partial charge < -0.3 is 14.8 Å². The second kappa shape index (κ2) is 9.93. The number of amides is 1. The van der Waals surface area contributed by atoms with Gasteiger partial charge in [-0.3, -0.25) is 4.79 Å². The molecule has 8 heteroatoms. The Morgan fingerprint density at radius 2 is 2.04 bits per heavy atom. The van der Waals surface area contributed by atoms with Crippen LogP contribution in [0.4, 0.5) is 5.69 Å². The minimum Gasteiger partial charge on any atom is -0.481 e. The van der Waals surface area contributed by atoms with Gasteiger partial charge in [0.05, 0.1) is 7.11 Å². The van der Waals surface area contributed by atoms with Gasteiger partial charge in [0.15, 0.2) is 6.61 Å². The summed E-state index contributed by atoms with van der Waals surface area (Å²) in [6, 6.07) is 12.0. The summed E-state index contributed by atoms with van der Waals surface area (Å²) in [6.45, 7) is 1.52. The van der Waals surface area contributed by atoms with Crippen LogP contribution in [0.1, 0.15) is 11.1 Å². The first-order valence-electron chi connectivity index (χ1n) is 8.02. The average Bonchev–Trinajstić information content (AvgIpc) is 2.67. The van der Waals surface area contributed by atoms with Crippen LogP contribution in [0.2, 0.25) is 5.02 Å². The number of nitriles is 1. The van der Waals surface area contributed by atoms with Crippen molar-refractivity contribution >= 4 is 51.2 Å². The highest BCUT2D eigenvalue weighted by Gasteiger charge is 2.14. The third-order valence-electron chi connectivity index (χ3n) is 3.66. The van der Waals surface area contributed by atoms with Crippen molar-refractivity contribution < 1.29 is 19.1 Å². The minimum atomic E-state index is -0.591. The van der Waals surface area contributed by atoms with E-state index >= 15 is 0 Å². The molecule has 1 N–H and O–H groups in total. The Morgan fingerprint density at radius 3 is 2.71 bits per heavy atom. The molecule has 0 bridgehead atoms. The van der Waals surface area contributed by atoms with Crippen LogP contribution in [0.25, 0.3) is 6.08 Å². The van der Waals surface area contributed by atoms with Crippen molar-refractivity contribution in [3.63, 3.8) is 0 Å². The standard InChI is InChI=1S/C20H16BrClN2O4/c1-12-3-5-16(22)9-17(12)24-20(26)14(10-23)7-13-8-15(21)4-6-18(13)28-11-19(25)27-2/h3-9H,11H2,1-2H3,(H,24,26)/b14-7+. The molecule has 28 heavy (non-hydrogen) atoms. The van der Waals surface area contributed by atoms with E-state index in [1.54, 1.807) is 36.4 Å². The summed E-state index contributed by atoms with van der Waals surface area (Å²) in [5.74, 6) is -0.813. The molecule has 0 aliphatic rings. The van der Waals surface area contributed by atoms with Gasteiger partial charge in [0.25, 0.3) is 5.91 Å². The fourth-order valence-electron chi connectivity index (χ4n) is 2.18. The number of carbonyl (C=O) groups is 2. The first kappa shape index (κ1) is 21.5. The van der Waals surface area contributed by atoms with Gasteiger partial charge in [-0.25, -0.2) is 4.79 Å². The zero-order valence-electron chi connectivity index (χ0n) is 15.1. The van der Waals surface area contributed by atoms with Crippen LogP contribution in [0.5, 0.6) is 5.75 Å². The summed E-state index contributed by atoms with van der Waals surface area (Å²) in [5, 5.41) is 12.6. The van der Waals surface area contributed by atoms with Gasteiger partial charge >= 0.3 is 5.97 Å². The van der Waals surface area contributed by atoms with E-state index in [0.717, 1.165) is 5.56 Å². The van der Waals surface area contributed by atoms with Gasteiger partial charge in [-0.2, -0.15) is 5.26 Å². The van der Waals surface area contributed by atoms with E-state index in [0.29, 0.717) is 26.5 Å². The van der Waals surface area contributed by atoms with Crippen molar-refractivity contribution in [3.05, 3.63) is 62.6 Å². The molecule has 6 nitrogen and oxygen atoms in total. The third kappa shape index (κ3) is 5.84. The highest BCUT2D eigenvalue weighted by atomic mass is 79.9. The van der Waals surface area contributed by atoms with Gasteiger partial charge in [0, 0.05) is 20.7 Å². The summed E-state index contributed by atoms with van der Waals surface area (Å²) in [5.41, 5.74) is 1.63. The largest absolute Gasteiger partial charge is 0.481 e. The van der Waals surface area contributed by atoms with E-state index in [2.05, 4.69) is 26.0 Å². The number of nitrogens with one attached hydrogen (secondary N) is 1. The second-order valence-corrected chi connectivity index (χ2v) is 6.98. The average molecular weight is 464 g/mol. The van der Waals surface area contributed by atoms with Gasteiger partial charge in [0.1, 0.15) is 17.4 Å². The van der Waals surface area contributed by atoms with Crippen molar-refractivity contribution in [1.29, 1.82) is 5.26 Å². The topological polar surface area (TPSA) is 88.4 Å². The van der Waals surface area contributed by atoms with Crippen molar-refractivity contribution in [3.8, 4) is 11.8 Å². The number of hydrogen-bond acceptors (Lipinski definition) is 5. The predicted molar refractivity (Wildman–Crippen MR) is 110 cm³/mol. The number of carbonyl (C=O) groups excluding carboxylic acids is 2. The molecule has 0 aromatic heterocycles. The molecule has 0 atom stereocenters. The Hall–Kier alpha value is -2.82. The maximum absolute atomic E-state index is 12.5. The highest BCUT2D eigenvalue weighted by Crippen LogP contribution is 2.26. The molecular weight excluding hydrogens is 448 g/mol. The number of nitrogens with zero attached hydrogens (tertiary/aromatic N) is 1. The number of anilines is 1. The highest BCUT2D eigenvalue weighted by molar-refractivity contribution is 9.10. The van der Waals surface area contributed by atoms with Gasteiger partial charge in [-0.15, -0.1) is 0 Å². The molecule has 0 radical (unpaired) electrons. The Labute approximate surface area is 175 Å². The van der Waals surface area contributed by atoms with Crippen molar-refractivity contribution in [2.45, 2.75) is 6.92 Å². The van der Waals surface area contributed by atoms with Crippen LogP contribution < -0.4 is 10.1 Å². The number of esters is 1. The number of methoxy groups -OCH3 is 1. The lowest BCUT2D eigenvalue weighted by molar-refractivity contribution is -0.142. The third-order valence-corrected chi connectivity index (χ3v) is 4.39. The smallest absolute Gasteiger partial charge is 0.343 e. The number of rotatable bonds is 6. The molecule has 0 aliphatic carbocycles. The minimum absolute atomic E-state index is 0.139. The quantitative estimate of drug-likeness (QED) is 0.387. The second-order valence-electron chi connectivity index (χ2n) is 5.63. The van der Waals surface area contributed by atoms with E-state index in [1.165, 1.54) is 13.2 Å². The first-order chi connectivity index (χ1) is 13.3. The summed E-state index contributed by atoms with van der Waals surface area (Å²) < 4.78 is 10.7. The van der Waals surface area contributed by atoms with Crippen LogP contribution in [0, 0.1) is 18.3 Å². The van der Waals surface area contributed by atoms with Crippen molar-refractivity contribution in [1.82, 2.24) is 0 Å². The van der Waals surface area contributed by atoms with Gasteiger partial charge in [-0.1, -0.05) is 33.6 Å². The predicted octanol–water partition coefficient (Wildman–Crippen LogP) is 4.51. The fraction of sp³-hybridized carbons (Fsp3) is 0.150. The molecule has 0 heterocycles. The number of ether oxygens (including phenoxy) is 2. The number of aryl methyl sites for hydroxylation is 1. The lowest BCUT2D eigenvalue weighted by Gasteiger charge is -2.10. The van der Waals surface area contributed by atoms with Gasteiger partial charge in [0.2, 0.25) is 0 Å². The zero-order chi connectivity index (χ0) is 20.7.